The molecule has 2 nitrogen and oxygen atoms in total. The van der Waals surface area contributed by atoms with Crippen molar-refractivity contribution in [1.82, 2.24) is 0 Å². The van der Waals surface area contributed by atoms with Crippen LogP contribution in [0.4, 0.5) is 0 Å². The first kappa shape index (κ1) is 14.4. The summed E-state index contributed by atoms with van der Waals surface area (Å²) in [6.07, 6.45) is 11.2. The Balaban J connectivity index is 2.26. The van der Waals surface area contributed by atoms with Gasteiger partial charge in [0.15, 0.2) is 0 Å². The maximum atomic E-state index is 11.9. The molecule has 0 fully saturated rings. The van der Waals surface area contributed by atoms with Gasteiger partial charge in [-0.2, -0.15) is 0 Å². The summed E-state index contributed by atoms with van der Waals surface area (Å²) in [5, 5.41) is 0. The lowest BCUT2D eigenvalue weighted by molar-refractivity contribution is -0.157. The minimum absolute atomic E-state index is 0.0369. The van der Waals surface area contributed by atoms with Crippen LogP contribution in [0.5, 0.6) is 0 Å². The Bertz CT molecular complexity index is 405. The lowest BCUT2D eigenvalue weighted by Crippen LogP contribution is -2.39. The number of hydrogen-bond acceptors (Lipinski definition) is 2. The third-order valence-electron chi connectivity index (χ3n) is 4.43. The fraction of sp³-hybridized carbons (Fsp3) is 0.706. The van der Waals surface area contributed by atoms with Crippen LogP contribution in [0.3, 0.4) is 0 Å². The minimum atomic E-state index is -0.337. The largest absolute Gasteiger partial charge is 0.454 e. The van der Waals surface area contributed by atoms with Crippen LogP contribution in [-0.2, 0) is 9.53 Å². The van der Waals surface area contributed by atoms with E-state index < -0.39 is 0 Å². The van der Waals surface area contributed by atoms with E-state index in [1.54, 1.807) is 0 Å². The Hall–Kier alpha value is -1.05. The SMILES string of the molecule is CCCC(=O)OC1(CC)CCCC2=C1C=CC(C)C2. The van der Waals surface area contributed by atoms with Crippen molar-refractivity contribution < 1.29 is 9.53 Å². The molecule has 0 aromatic heterocycles. The topological polar surface area (TPSA) is 26.3 Å². The highest BCUT2D eigenvalue weighted by Crippen LogP contribution is 2.44. The molecule has 2 rings (SSSR count). The predicted octanol–water partition coefficient (Wildman–Crippen LogP) is 4.56. The minimum Gasteiger partial charge on any atom is -0.454 e. The van der Waals surface area contributed by atoms with Gasteiger partial charge in [0, 0.05) is 6.42 Å². The maximum Gasteiger partial charge on any atom is 0.306 e. The van der Waals surface area contributed by atoms with E-state index in [1.807, 2.05) is 6.92 Å². The van der Waals surface area contributed by atoms with Crippen LogP contribution in [0.1, 0.15) is 65.7 Å². The van der Waals surface area contributed by atoms with Crippen molar-refractivity contribution >= 4 is 5.97 Å². The molecule has 2 aliphatic carbocycles. The molecular weight excluding hydrogens is 236 g/mol. The van der Waals surface area contributed by atoms with Crippen molar-refractivity contribution in [3.63, 3.8) is 0 Å². The van der Waals surface area contributed by atoms with Gasteiger partial charge in [0.05, 0.1) is 0 Å². The van der Waals surface area contributed by atoms with Gasteiger partial charge in [0.25, 0.3) is 0 Å². The molecule has 0 saturated carbocycles. The predicted molar refractivity (Wildman–Crippen MR) is 77.8 cm³/mol. The lowest BCUT2D eigenvalue weighted by Gasteiger charge is -2.40. The van der Waals surface area contributed by atoms with Crippen LogP contribution in [0.2, 0.25) is 0 Å². The van der Waals surface area contributed by atoms with E-state index in [0.717, 1.165) is 32.1 Å². The molecule has 2 heteroatoms. The van der Waals surface area contributed by atoms with Gasteiger partial charge in [-0.25, -0.2) is 0 Å². The van der Waals surface area contributed by atoms with Crippen LogP contribution >= 0.6 is 0 Å². The molecule has 19 heavy (non-hydrogen) atoms. The third kappa shape index (κ3) is 2.93. The second-order valence-electron chi connectivity index (χ2n) is 5.98. The Morgan fingerprint density at radius 3 is 2.95 bits per heavy atom. The number of carbonyl (C=O) groups is 1. The summed E-state index contributed by atoms with van der Waals surface area (Å²) < 4.78 is 5.93. The van der Waals surface area contributed by atoms with E-state index in [2.05, 4.69) is 26.0 Å². The summed E-state index contributed by atoms with van der Waals surface area (Å²) in [4.78, 5) is 11.9. The average Bonchev–Trinajstić information content (AvgIpc) is 2.38. The highest BCUT2D eigenvalue weighted by Gasteiger charge is 2.40. The zero-order valence-corrected chi connectivity index (χ0v) is 12.5. The van der Waals surface area contributed by atoms with E-state index in [9.17, 15) is 4.79 Å². The Labute approximate surface area is 116 Å². The molecule has 0 aromatic carbocycles. The van der Waals surface area contributed by atoms with Crippen LogP contribution in [-0.4, -0.2) is 11.6 Å². The zero-order chi connectivity index (χ0) is 13.9. The number of esters is 1. The van der Waals surface area contributed by atoms with Gasteiger partial charge in [-0.15, -0.1) is 0 Å². The molecule has 0 heterocycles. The summed E-state index contributed by atoms with van der Waals surface area (Å²) >= 11 is 0. The lowest BCUT2D eigenvalue weighted by atomic mass is 9.72. The van der Waals surface area contributed by atoms with E-state index in [1.165, 1.54) is 17.6 Å². The first-order chi connectivity index (χ1) is 9.11. The molecule has 0 aromatic rings. The molecule has 2 atom stereocenters. The van der Waals surface area contributed by atoms with Crippen molar-refractivity contribution in [2.45, 2.75) is 71.3 Å². The van der Waals surface area contributed by atoms with Crippen molar-refractivity contribution in [3.8, 4) is 0 Å². The molecule has 0 amide bonds. The number of carbonyl (C=O) groups excluding carboxylic acids is 1. The van der Waals surface area contributed by atoms with Crippen molar-refractivity contribution in [2.24, 2.45) is 5.92 Å². The molecule has 2 aliphatic rings. The molecule has 0 bridgehead atoms. The average molecular weight is 262 g/mol. The van der Waals surface area contributed by atoms with Gasteiger partial charge >= 0.3 is 5.97 Å². The fourth-order valence-electron chi connectivity index (χ4n) is 3.40. The normalized spacial score (nSPS) is 30.2. The smallest absolute Gasteiger partial charge is 0.306 e. The van der Waals surface area contributed by atoms with E-state index in [0.29, 0.717) is 12.3 Å². The van der Waals surface area contributed by atoms with Crippen LogP contribution in [0.15, 0.2) is 23.3 Å². The Morgan fingerprint density at radius 2 is 2.26 bits per heavy atom. The summed E-state index contributed by atoms with van der Waals surface area (Å²) in [6, 6.07) is 0. The first-order valence-electron chi connectivity index (χ1n) is 7.74. The van der Waals surface area contributed by atoms with Crippen LogP contribution in [0.25, 0.3) is 0 Å². The number of ether oxygens (including phenoxy) is 1. The quantitative estimate of drug-likeness (QED) is 0.694. The van der Waals surface area contributed by atoms with E-state index in [4.69, 9.17) is 4.74 Å². The van der Waals surface area contributed by atoms with Crippen LogP contribution in [0, 0.1) is 5.92 Å². The second kappa shape index (κ2) is 5.94. The third-order valence-corrected chi connectivity index (χ3v) is 4.43. The molecule has 0 radical (unpaired) electrons. The number of rotatable bonds is 4. The second-order valence-corrected chi connectivity index (χ2v) is 5.98. The van der Waals surface area contributed by atoms with Gasteiger partial charge in [-0.3, -0.25) is 4.79 Å². The van der Waals surface area contributed by atoms with E-state index >= 15 is 0 Å². The Kier molecular flexibility index (Phi) is 4.49. The van der Waals surface area contributed by atoms with E-state index in [-0.39, 0.29) is 11.6 Å². The highest BCUT2D eigenvalue weighted by molar-refractivity contribution is 5.70. The fourth-order valence-corrected chi connectivity index (χ4v) is 3.40. The van der Waals surface area contributed by atoms with Crippen molar-refractivity contribution in [2.75, 3.05) is 0 Å². The molecule has 0 N–H and O–H groups in total. The molecule has 106 valence electrons. The molecule has 0 saturated heterocycles. The Morgan fingerprint density at radius 1 is 1.47 bits per heavy atom. The summed E-state index contributed by atoms with van der Waals surface area (Å²) in [5.41, 5.74) is 2.49. The van der Waals surface area contributed by atoms with Gasteiger partial charge in [-0.1, -0.05) is 38.5 Å². The standard InChI is InChI=1S/C17H26O2/c1-4-7-16(18)19-17(5-2)11-6-8-14-12-13(3)9-10-15(14)17/h9-10,13H,4-8,11-12H2,1-3H3. The van der Waals surface area contributed by atoms with Crippen molar-refractivity contribution in [1.29, 1.82) is 0 Å². The zero-order valence-electron chi connectivity index (χ0n) is 12.5. The van der Waals surface area contributed by atoms with Gasteiger partial charge in [0.1, 0.15) is 5.60 Å². The summed E-state index contributed by atoms with van der Waals surface area (Å²) in [5.74, 6) is 0.586. The van der Waals surface area contributed by atoms with Gasteiger partial charge in [-0.05, 0) is 50.0 Å². The van der Waals surface area contributed by atoms with Gasteiger partial charge in [0.2, 0.25) is 0 Å². The maximum absolute atomic E-state index is 11.9. The molecule has 0 spiro atoms. The highest BCUT2D eigenvalue weighted by atomic mass is 16.6. The summed E-state index contributed by atoms with van der Waals surface area (Å²) in [7, 11) is 0. The van der Waals surface area contributed by atoms with Gasteiger partial charge < -0.3 is 4.74 Å². The molecular formula is C17H26O2. The molecule has 0 aliphatic heterocycles. The first-order valence-corrected chi connectivity index (χ1v) is 7.74. The summed E-state index contributed by atoms with van der Waals surface area (Å²) in [6.45, 7) is 6.42. The van der Waals surface area contributed by atoms with Crippen molar-refractivity contribution in [3.05, 3.63) is 23.3 Å². The number of allylic oxidation sites excluding steroid dienone is 2. The van der Waals surface area contributed by atoms with Crippen LogP contribution < -0.4 is 0 Å². The molecule has 2 unspecified atom stereocenters. The number of hydrogen-bond donors (Lipinski definition) is 0. The monoisotopic (exact) mass is 262 g/mol.